The van der Waals surface area contributed by atoms with Crippen LogP contribution in [0, 0.1) is 5.82 Å². The fraction of sp³-hybridized carbons (Fsp3) is 0.611. The zero-order valence-electron chi connectivity index (χ0n) is 15.1. The van der Waals surface area contributed by atoms with E-state index in [0.29, 0.717) is 12.6 Å². The van der Waals surface area contributed by atoms with E-state index < -0.39 is 5.82 Å². The van der Waals surface area contributed by atoms with Gasteiger partial charge in [0, 0.05) is 38.8 Å². The molecule has 1 aromatic carbocycles. The molecule has 2 aliphatic heterocycles. The molecule has 146 valence electrons. The van der Waals surface area contributed by atoms with E-state index in [1.165, 1.54) is 6.07 Å². The van der Waals surface area contributed by atoms with Gasteiger partial charge in [0.25, 0.3) is 0 Å². The van der Waals surface area contributed by atoms with E-state index in [2.05, 4.69) is 22.0 Å². The van der Waals surface area contributed by atoms with E-state index in [1.807, 2.05) is 0 Å². The van der Waals surface area contributed by atoms with Crippen LogP contribution in [0.3, 0.4) is 0 Å². The summed E-state index contributed by atoms with van der Waals surface area (Å²) in [6.07, 6.45) is 1.15. The lowest BCUT2D eigenvalue weighted by Gasteiger charge is -2.32. The van der Waals surface area contributed by atoms with Crippen LogP contribution in [0.2, 0.25) is 5.02 Å². The molecule has 3 rings (SSSR count). The monoisotopic (exact) mass is 496 g/mol. The van der Waals surface area contributed by atoms with Gasteiger partial charge in [0.05, 0.1) is 24.8 Å². The van der Waals surface area contributed by atoms with Crippen LogP contribution in [0.1, 0.15) is 18.9 Å². The number of rotatable bonds is 4. The Balaban J connectivity index is 0.00000243. The highest BCUT2D eigenvalue weighted by atomic mass is 127. The molecule has 5 nitrogen and oxygen atoms in total. The van der Waals surface area contributed by atoms with Crippen LogP contribution in [0.4, 0.5) is 4.39 Å². The Morgan fingerprint density at radius 2 is 2.12 bits per heavy atom. The van der Waals surface area contributed by atoms with Crippen LogP contribution in [-0.2, 0) is 11.3 Å². The third-order valence-electron chi connectivity index (χ3n) is 4.76. The maximum Gasteiger partial charge on any atom is 0.194 e. The summed E-state index contributed by atoms with van der Waals surface area (Å²) in [6, 6.07) is 5.33. The normalized spacial score (nSPS) is 21.6. The number of guanidine groups is 1. The average molecular weight is 497 g/mol. The predicted molar refractivity (Wildman–Crippen MR) is 114 cm³/mol. The molecule has 0 spiro atoms. The quantitative estimate of drug-likeness (QED) is 0.395. The highest BCUT2D eigenvalue weighted by molar-refractivity contribution is 14.0. The van der Waals surface area contributed by atoms with E-state index in [0.717, 1.165) is 63.9 Å². The van der Waals surface area contributed by atoms with Crippen molar-refractivity contribution in [3.8, 4) is 0 Å². The molecule has 0 saturated carbocycles. The molecule has 2 aliphatic rings. The summed E-state index contributed by atoms with van der Waals surface area (Å²) in [5.41, 5.74) is 0.908. The lowest BCUT2D eigenvalue weighted by molar-refractivity contribution is 0.0195. The summed E-state index contributed by atoms with van der Waals surface area (Å²) < 4.78 is 18.7. The van der Waals surface area contributed by atoms with E-state index in [4.69, 9.17) is 21.3 Å². The van der Waals surface area contributed by atoms with Gasteiger partial charge >= 0.3 is 0 Å². The van der Waals surface area contributed by atoms with Crippen LogP contribution in [-0.4, -0.2) is 67.7 Å². The number of morpholine rings is 1. The van der Waals surface area contributed by atoms with Crippen molar-refractivity contribution in [2.75, 3.05) is 45.9 Å². The zero-order valence-corrected chi connectivity index (χ0v) is 18.2. The van der Waals surface area contributed by atoms with Gasteiger partial charge in [-0.15, -0.1) is 24.0 Å². The van der Waals surface area contributed by atoms with E-state index in [1.54, 1.807) is 12.1 Å². The highest BCUT2D eigenvalue weighted by Gasteiger charge is 2.30. The maximum absolute atomic E-state index is 13.3. The molecule has 1 aromatic rings. The largest absolute Gasteiger partial charge is 0.379 e. The van der Waals surface area contributed by atoms with Gasteiger partial charge in [-0.3, -0.25) is 4.90 Å². The number of aliphatic imine (C=N–C) groups is 1. The Bertz CT molecular complexity index is 613. The molecule has 1 unspecified atom stereocenters. The van der Waals surface area contributed by atoms with Crippen molar-refractivity contribution in [2.24, 2.45) is 4.99 Å². The van der Waals surface area contributed by atoms with Crippen molar-refractivity contribution in [2.45, 2.75) is 25.9 Å². The summed E-state index contributed by atoms with van der Waals surface area (Å²) in [6.45, 7) is 9.04. The second-order valence-electron chi connectivity index (χ2n) is 6.46. The average Bonchev–Trinajstić information content (AvgIpc) is 3.12. The first kappa shape index (κ1) is 21.7. The summed E-state index contributed by atoms with van der Waals surface area (Å²) >= 11 is 5.86. The number of halogens is 3. The molecule has 0 radical (unpaired) electrons. The standard InChI is InChI=1S/C18H26ClFN4O.HI/c1-2-21-18(22-12-14-3-4-17(20)16(19)11-14)24-6-5-15(13-24)23-7-9-25-10-8-23;/h3-4,11,15H,2,5-10,12-13H2,1H3,(H,21,22);1H. The van der Waals surface area contributed by atoms with Gasteiger partial charge in [0.1, 0.15) is 5.82 Å². The lowest BCUT2D eigenvalue weighted by Crippen LogP contribution is -2.46. The van der Waals surface area contributed by atoms with E-state index in [-0.39, 0.29) is 29.0 Å². The first-order chi connectivity index (χ1) is 12.2. The molecule has 1 N–H and O–H groups in total. The second kappa shape index (κ2) is 10.6. The van der Waals surface area contributed by atoms with Gasteiger partial charge in [0.15, 0.2) is 5.96 Å². The van der Waals surface area contributed by atoms with E-state index >= 15 is 0 Å². The molecule has 2 fully saturated rings. The molecular weight excluding hydrogens is 470 g/mol. The third-order valence-corrected chi connectivity index (χ3v) is 5.04. The predicted octanol–water partition coefficient (Wildman–Crippen LogP) is 2.97. The minimum absolute atomic E-state index is 0. The number of nitrogens with one attached hydrogen (secondary N) is 1. The van der Waals surface area contributed by atoms with Gasteiger partial charge in [-0.25, -0.2) is 9.38 Å². The van der Waals surface area contributed by atoms with Crippen molar-refractivity contribution >= 4 is 41.5 Å². The first-order valence-electron chi connectivity index (χ1n) is 8.96. The summed E-state index contributed by atoms with van der Waals surface area (Å²) in [7, 11) is 0. The van der Waals surface area contributed by atoms with Crippen molar-refractivity contribution in [1.82, 2.24) is 15.1 Å². The van der Waals surface area contributed by atoms with E-state index in [9.17, 15) is 4.39 Å². The molecule has 1 atom stereocenters. The van der Waals surface area contributed by atoms with Crippen LogP contribution in [0.15, 0.2) is 23.2 Å². The Kier molecular flexibility index (Phi) is 8.86. The molecular formula is C18H27ClFIN4O. The summed E-state index contributed by atoms with van der Waals surface area (Å²) in [5, 5.41) is 3.51. The third kappa shape index (κ3) is 5.68. The van der Waals surface area contributed by atoms with Crippen LogP contribution in [0.5, 0.6) is 0 Å². The number of hydrogen-bond acceptors (Lipinski definition) is 3. The Hall–Kier alpha value is -0.640. The first-order valence-corrected chi connectivity index (χ1v) is 9.34. The molecule has 0 bridgehead atoms. The van der Waals surface area contributed by atoms with Gasteiger partial charge < -0.3 is 15.0 Å². The zero-order chi connectivity index (χ0) is 17.6. The molecule has 0 amide bonds. The van der Waals surface area contributed by atoms with Gasteiger partial charge in [0.2, 0.25) is 0 Å². The van der Waals surface area contributed by atoms with Crippen LogP contribution >= 0.6 is 35.6 Å². The van der Waals surface area contributed by atoms with Crippen molar-refractivity contribution in [3.63, 3.8) is 0 Å². The smallest absolute Gasteiger partial charge is 0.194 e. The van der Waals surface area contributed by atoms with Crippen molar-refractivity contribution in [3.05, 3.63) is 34.6 Å². The SMILES string of the molecule is CCNC(=NCc1ccc(F)c(Cl)c1)N1CCC(N2CCOCC2)C1.I. The Morgan fingerprint density at radius 1 is 1.35 bits per heavy atom. The molecule has 2 saturated heterocycles. The fourth-order valence-electron chi connectivity index (χ4n) is 3.40. The molecule has 2 heterocycles. The molecule has 0 aliphatic carbocycles. The number of likely N-dealkylation sites (tertiary alicyclic amines) is 1. The van der Waals surface area contributed by atoms with Gasteiger partial charge in [-0.05, 0) is 31.0 Å². The summed E-state index contributed by atoms with van der Waals surface area (Å²) in [5.74, 6) is 0.521. The lowest BCUT2D eigenvalue weighted by atomic mass is 10.2. The van der Waals surface area contributed by atoms with Gasteiger partial charge in [-0.2, -0.15) is 0 Å². The summed E-state index contributed by atoms with van der Waals surface area (Å²) in [4.78, 5) is 9.56. The highest BCUT2D eigenvalue weighted by Crippen LogP contribution is 2.19. The van der Waals surface area contributed by atoms with Crippen molar-refractivity contribution < 1.29 is 9.13 Å². The number of ether oxygens (including phenoxy) is 1. The van der Waals surface area contributed by atoms with Crippen LogP contribution < -0.4 is 5.32 Å². The van der Waals surface area contributed by atoms with Gasteiger partial charge in [-0.1, -0.05) is 17.7 Å². The topological polar surface area (TPSA) is 40.1 Å². The fourth-order valence-corrected chi connectivity index (χ4v) is 3.61. The minimum atomic E-state index is -0.394. The second-order valence-corrected chi connectivity index (χ2v) is 6.86. The molecule has 8 heteroatoms. The minimum Gasteiger partial charge on any atom is -0.379 e. The van der Waals surface area contributed by atoms with Crippen molar-refractivity contribution in [1.29, 1.82) is 0 Å². The Labute approximate surface area is 176 Å². The maximum atomic E-state index is 13.3. The number of benzene rings is 1. The molecule has 26 heavy (non-hydrogen) atoms. The number of hydrogen-bond donors (Lipinski definition) is 1. The molecule has 0 aromatic heterocycles. The van der Waals surface area contributed by atoms with Crippen LogP contribution in [0.25, 0.3) is 0 Å². The number of nitrogens with zero attached hydrogens (tertiary/aromatic N) is 3. The Morgan fingerprint density at radius 3 is 2.81 bits per heavy atom.